The number of amides is 1. The minimum atomic E-state index is -0.480. The summed E-state index contributed by atoms with van der Waals surface area (Å²) in [4.78, 5) is 12.2. The van der Waals surface area contributed by atoms with E-state index in [0.717, 1.165) is 5.56 Å². The molecule has 2 N–H and O–H groups in total. The first kappa shape index (κ1) is 20.6. The molecule has 2 rings (SSSR count). The first-order valence-corrected chi connectivity index (χ1v) is 8.61. The maximum atomic E-state index is 12.2. The van der Waals surface area contributed by atoms with Crippen LogP contribution in [0.25, 0.3) is 0 Å². The second kappa shape index (κ2) is 10.5. The lowest BCUT2D eigenvalue weighted by Crippen LogP contribution is -2.18. The third kappa shape index (κ3) is 5.68. The zero-order chi connectivity index (χ0) is 20.4. The van der Waals surface area contributed by atoms with Crippen LogP contribution in [0.3, 0.4) is 0 Å². The second-order valence-electron chi connectivity index (χ2n) is 5.75. The molecule has 0 fully saturated rings. The lowest BCUT2D eigenvalue weighted by atomic mass is 10.1. The number of nitrogens with zero attached hydrogens (tertiary/aromatic N) is 1. The number of nitrogens with one attached hydrogen (secondary N) is 2. The minimum absolute atomic E-state index is 0.0110. The van der Waals surface area contributed by atoms with Crippen LogP contribution in [0.2, 0.25) is 0 Å². The van der Waals surface area contributed by atoms with Crippen molar-refractivity contribution in [2.24, 2.45) is 0 Å². The van der Waals surface area contributed by atoms with Crippen molar-refractivity contribution in [1.82, 2.24) is 5.32 Å². The Bertz CT molecular complexity index is 870. The summed E-state index contributed by atoms with van der Waals surface area (Å²) in [5, 5.41) is 14.9. The maximum absolute atomic E-state index is 12.2. The van der Waals surface area contributed by atoms with E-state index in [-0.39, 0.29) is 5.57 Å². The van der Waals surface area contributed by atoms with Crippen LogP contribution in [0, 0.1) is 11.3 Å². The molecule has 0 saturated heterocycles. The summed E-state index contributed by atoms with van der Waals surface area (Å²) in [5.41, 5.74) is 1.61. The molecule has 0 saturated carbocycles. The molecule has 0 aliphatic carbocycles. The van der Waals surface area contributed by atoms with Gasteiger partial charge < -0.3 is 24.8 Å². The van der Waals surface area contributed by atoms with Gasteiger partial charge in [0.2, 0.25) is 0 Å². The number of carbonyl (C=O) groups excluding carboxylic acids is 1. The average molecular weight is 381 g/mol. The molecule has 0 aliphatic heterocycles. The lowest BCUT2D eigenvalue weighted by Gasteiger charge is -2.10. The Balaban J connectivity index is 1.90. The highest BCUT2D eigenvalue weighted by atomic mass is 16.5. The number of ether oxygens (including phenoxy) is 3. The Morgan fingerprint density at radius 2 is 1.75 bits per heavy atom. The highest BCUT2D eigenvalue weighted by Crippen LogP contribution is 2.27. The van der Waals surface area contributed by atoms with E-state index in [2.05, 4.69) is 10.6 Å². The fourth-order valence-corrected chi connectivity index (χ4v) is 2.45. The van der Waals surface area contributed by atoms with Gasteiger partial charge in [0.05, 0.1) is 21.3 Å². The van der Waals surface area contributed by atoms with Gasteiger partial charge in [-0.2, -0.15) is 5.26 Å². The molecule has 7 heteroatoms. The van der Waals surface area contributed by atoms with E-state index in [4.69, 9.17) is 14.2 Å². The van der Waals surface area contributed by atoms with Gasteiger partial charge in [0.25, 0.3) is 5.91 Å². The van der Waals surface area contributed by atoms with Crippen LogP contribution in [-0.2, 0) is 11.2 Å². The first-order chi connectivity index (χ1) is 13.6. The Hall–Kier alpha value is -3.66. The summed E-state index contributed by atoms with van der Waals surface area (Å²) in [5.74, 6) is 1.53. The standard InChI is InChI=1S/C21H23N3O4/c1-26-18-7-5-17(6-8-18)24-21(25)16(13-22)14-23-11-10-15-4-9-19(27-2)20(12-15)28-3/h4-9,12,14,23H,10-11H2,1-3H3,(H,24,25)/b16-14-. The summed E-state index contributed by atoms with van der Waals surface area (Å²) in [6.45, 7) is 0.552. The summed E-state index contributed by atoms with van der Waals surface area (Å²) in [7, 11) is 4.74. The number of carbonyl (C=O) groups is 1. The second-order valence-corrected chi connectivity index (χ2v) is 5.75. The molecule has 0 unspecified atom stereocenters. The van der Waals surface area contributed by atoms with Gasteiger partial charge in [-0.1, -0.05) is 6.07 Å². The van der Waals surface area contributed by atoms with Crippen LogP contribution in [0.15, 0.2) is 54.2 Å². The fraction of sp³-hybridized carbons (Fsp3) is 0.238. The van der Waals surface area contributed by atoms with Crippen molar-refractivity contribution in [3.63, 3.8) is 0 Å². The van der Waals surface area contributed by atoms with E-state index >= 15 is 0 Å². The normalized spacial score (nSPS) is 10.6. The van der Waals surface area contributed by atoms with Gasteiger partial charge >= 0.3 is 0 Å². The molecule has 7 nitrogen and oxygen atoms in total. The van der Waals surface area contributed by atoms with Gasteiger partial charge in [-0.25, -0.2) is 0 Å². The molecule has 0 aromatic heterocycles. The molecule has 28 heavy (non-hydrogen) atoms. The van der Waals surface area contributed by atoms with Crippen molar-refractivity contribution in [3.8, 4) is 23.3 Å². The Labute approximate surface area is 164 Å². The third-order valence-electron chi connectivity index (χ3n) is 3.97. The summed E-state index contributed by atoms with van der Waals surface area (Å²) in [6.07, 6.45) is 2.11. The van der Waals surface area contributed by atoms with Crippen molar-refractivity contribution >= 4 is 11.6 Å². The minimum Gasteiger partial charge on any atom is -0.497 e. The Morgan fingerprint density at radius 1 is 1.04 bits per heavy atom. The van der Waals surface area contributed by atoms with Crippen LogP contribution < -0.4 is 24.8 Å². The smallest absolute Gasteiger partial charge is 0.267 e. The molecule has 0 radical (unpaired) electrons. The monoisotopic (exact) mass is 381 g/mol. The van der Waals surface area contributed by atoms with E-state index in [1.54, 1.807) is 45.6 Å². The number of nitriles is 1. The number of benzene rings is 2. The van der Waals surface area contributed by atoms with E-state index in [9.17, 15) is 10.1 Å². The van der Waals surface area contributed by atoms with Crippen molar-refractivity contribution in [2.75, 3.05) is 33.2 Å². The molecule has 1 amide bonds. The van der Waals surface area contributed by atoms with Gasteiger partial charge in [-0.05, 0) is 48.4 Å². The highest BCUT2D eigenvalue weighted by molar-refractivity contribution is 6.06. The average Bonchev–Trinajstić information content (AvgIpc) is 2.74. The summed E-state index contributed by atoms with van der Waals surface area (Å²) >= 11 is 0. The lowest BCUT2D eigenvalue weighted by molar-refractivity contribution is -0.112. The largest absolute Gasteiger partial charge is 0.497 e. The zero-order valence-electron chi connectivity index (χ0n) is 16.1. The van der Waals surface area contributed by atoms with E-state index < -0.39 is 5.91 Å². The van der Waals surface area contributed by atoms with Gasteiger partial charge in [-0.15, -0.1) is 0 Å². The van der Waals surface area contributed by atoms with Crippen LogP contribution in [0.4, 0.5) is 5.69 Å². The Kier molecular flexibility index (Phi) is 7.73. The first-order valence-electron chi connectivity index (χ1n) is 8.61. The van der Waals surface area contributed by atoms with Crippen LogP contribution in [0.1, 0.15) is 5.56 Å². The third-order valence-corrected chi connectivity index (χ3v) is 3.97. The molecule has 0 atom stereocenters. The van der Waals surface area contributed by atoms with Gasteiger partial charge in [0.15, 0.2) is 11.5 Å². The quantitative estimate of drug-likeness (QED) is 0.394. The molecular weight excluding hydrogens is 358 g/mol. The van der Waals surface area contributed by atoms with Crippen molar-refractivity contribution < 1.29 is 19.0 Å². The van der Waals surface area contributed by atoms with Crippen LogP contribution in [-0.4, -0.2) is 33.8 Å². The fourth-order valence-electron chi connectivity index (χ4n) is 2.45. The predicted molar refractivity (Wildman–Crippen MR) is 107 cm³/mol. The van der Waals surface area contributed by atoms with E-state index in [0.29, 0.717) is 35.9 Å². The maximum Gasteiger partial charge on any atom is 0.267 e. The SMILES string of the molecule is COc1ccc(NC(=O)/C(C#N)=C\NCCc2ccc(OC)c(OC)c2)cc1. The molecular formula is C21H23N3O4. The molecule has 2 aromatic carbocycles. The molecule has 0 spiro atoms. The van der Waals surface area contributed by atoms with Crippen LogP contribution in [0.5, 0.6) is 17.2 Å². The molecule has 0 bridgehead atoms. The molecule has 0 heterocycles. The van der Waals surface area contributed by atoms with E-state index in [1.165, 1.54) is 6.20 Å². The van der Waals surface area contributed by atoms with Gasteiger partial charge in [0.1, 0.15) is 17.4 Å². The predicted octanol–water partition coefficient (Wildman–Crippen LogP) is 2.89. The molecule has 2 aromatic rings. The van der Waals surface area contributed by atoms with Crippen molar-refractivity contribution in [2.45, 2.75) is 6.42 Å². The molecule has 0 aliphatic rings. The number of hydrogen-bond donors (Lipinski definition) is 2. The summed E-state index contributed by atoms with van der Waals surface area (Å²) in [6, 6.07) is 14.4. The van der Waals surface area contributed by atoms with E-state index in [1.807, 2.05) is 24.3 Å². The van der Waals surface area contributed by atoms with Gasteiger partial charge in [0, 0.05) is 18.4 Å². The van der Waals surface area contributed by atoms with Crippen molar-refractivity contribution in [1.29, 1.82) is 5.26 Å². The van der Waals surface area contributed by atoms with Crippen molar-refractivity contribution in [3.05, 3.63) is 59.8 Å². The number of methoxy groups -OCH3 is 3. The number of hydrogen-bond acceptors (Lipinski definition) is 6. The topological polar surface area (TPSA) is 92.6 Å². The van der Waals surface area contributed by atoms with Gasteiger partial charge in [-0.3, -0.25) is 4.79 Å². The van der Waals surface area contributed by atoms with Crippen LogP contribution >= 0.6 is 0 Å². The zero-order valence-corrected chi connectivity index (χ0v) is 16.1. The highest BCUT2D eigenvalue weighted by Gasteiger charge is 2.09. The number of anilines is 1. The molecule has 146 valence electrons. The Morgan fingerprint density at radius 3 is 2.36 bits per heavy atom. The number of rotatable bonds is 9. The summed E-state index contributed by atoms with van der Waals surface area (Å²) < 4.78 is 15.6.